The number of carbonyl (C=O) groups excluding carboxylic acids is 1. The highest BCUT2D eigenvalue weighted by Gasteiger charge is 2.38. The number of nitrogens with one attached hydrogen (secondary N) is 1. The maximum absolute atomic E-state index is 12.2. The van der Waals surface area contributed by atoms with Crippen molar-refractivity contribution in [3.8, 4) is 0 Å². The Labute approximate surface area is 119 Å². The third-order valence-electron chi connectivity index (χ3n) is 4.54. The highest BCUT2D eigenvalue weighted by Crippen LogP contribution is 2.32. The first-order chi connectivity index (χ1) is 9.58. The lowest BCUT2D eigenvalue weighted by atomic mass is 9.99. The molecule has 108 valence electrons. The highest BCUT2D eigenvalue weighted by atomic mass is 16.3. The van der Waals surface area contributed by atoms with Gasteiger partial charge in [-0.1, -0.05) is 0 Å². The number of nitrogens with zero attached hydrogens (tertiary/aromatic N) is 1. The Kier molecular flexibility index (Phi) is 3.42. The molecule has 0 bridgehead atoms. The number of hydrogen-bond donors (Lipinski definition) is 2. The van der Waals surface area contributed by atoms with E-state index in [-0.39, 0.29) is 5.91 Å². The predicted molar refractivity (Wildman–Crippen MR) is 80.1 cm³/mol. The molecule has 1 amide bonds. The van der Waals surface area contributed by atoms with Gasteiger partial charge in [-0.2, -0.15) is 0 Å². The van der Waals surface area contributed by atoms with Crippen LogP contribution in [0.15, 0.2) is 18.2 Å². The van der Waals surface area contributed by atoms with E-state index < -0.39 is 5.60 Å². The van der Waals surface area contributed by atoms with Crippen LogP contribution in [0.2, 0.25) is 0 Å². The van der Waals surface area contributed by atoms with E-state index in [9.17, 15) is 9.90 Å². The number of anilines is 2. The van der Waals surface area contributed by atoms with Crippen molar-refractivity contribution in [1.29, 1.82) is 0 Å². The summed E-state index contributed by atoms with van der Waals surface area (Å²) >= 11 is 0. The quantitative estimate of drug-likeness (QED) is 0.870. The van der Waals surface area contributed by atoms with Gasteiger partial charge in [0.1, 0.15) is 5.60 Å². The molecular formula is C16H22N2O2. The molecule has 0 unspecified atom stereocenters. The first kappa shape index (κ1) is 13.4. The number of carbonyl (C=O) groups is 1. The monoisotopic (exact) mass is 274 g/mol. The van der Waals surface area contributed by atoms with Gasteiger partial charge in [0.2, 0.25) is 0 Å². The van der Waals surface area contributed by atoms with Crippen molar-refractivity contribution < 1.29 is 9.90 Å². The molecule has 1 fully saturated rings. The van der Waals surface area contributed by atoms with Gasteiger partial charge in [0.25, 0.3) is 5.91 Å². The molecule has 0 atom stereocenters. The minimum atomic E-state index is -1.16. The lowest BCUT2D eigenvalue weighted by Gasteiger charge is -2.28. The molecule has 1 aliphatic carbocycles. The molecule has 0 radical (unpaired) electrons. The molecule has 1 saturated carbocycles. The second-order valence-electron chi connectivity index (χ2n) is 6.06. The third-order valence-corrected chi connectivity index (χ3v) is 4.54. The number of fused-ring (bicyclic) bond motifs is 1. The SMILES string of the molecule is CN1CCCc2cc(NC(=O)C3(O)CCCC3)ccc21. The van der Waals surface area contributed by atoms with Crippen LogP contribution in [0.3, 0.4) is 0 Å². The van der Waals surface area contributed by atoms with Crippen LogP contribution in [0.4, 0.5) is 11.4 Å². The zero-order valence-electron chi connectivity index (χ0n) is 12.0. The van der Waals surface area contributed by atoms with E-state index in [1.807, 2.05) is 12.1 Å². The second kappa shape index (κ2) is 5.09. The maximum Gasteiger partial charge on any atom is 0.256 e. The molecule has 2 aliphatic rings. The van der Waals surface area contributed by atoms with E-state index in [1.54, 1.807) is 0 Å². The molecule has 1 aromatic rings. The zero-order valence-corrected chi connectivity index (χ0v) is 12.0. The Morgan fingerprint density at radius 1 is 1.30 bits per heavy atom. The number of benzene rings is 1. The van der Waals surface area contributed by atoms with E-state index >= 15 is 0 Å². The number of amides is 1. The van der Waals surface area contributed by atoms with Crippen molar-refractivity contribution in [2.24, 2.45) is 0 Å². The van der Waals surface area contributed by atoms with Crippen LogP contribution in [-0.2, 0) is 11.2 Å². The van der Waals surface area contributed by atoms with Crippen LogP contribution in [0.5, 0.6) is 0 Å². The molecule has 0 aromatic heterocycles. The van der Waals surface area contributed by atoms with Gasteiger partial charge < -0.3 is 15.3 Å². The molecule has 3 rings (SSSR count). The van der Waals surface area contributed by atoms with Crippen LogP contribution in [0.1, 0.15) is 37.7 Å². The van der Waals surface area contributed by atoms with Gasteiger partial charge >= 0.3 is 0 Å². The minimum absolute atomic E-state index is 0.251. The van der Waals surface area contributed by atoms with Crippen molar-refractivity contribution >= 4 is 17.3 Å². The standard InChI is InChI=1S/C16H22N2O2/c1-18-10-4-5-12-11-13(6-7-14(12)18)17-15(19)16(20)8-2-3-9-16/h6-7,11,20H,2-5,8-10H2,1H3,(H,17,19). The summed E-state index contributed by atoms with van der Waals surface area (Å²) in [4.78, 5) is 14.4. The largest absolute Gasteiger partial charge is 0.380 e. The predicted octanol–water partition coefficient (Wildman–Crippen LogP) is 2.31. The van der Waals surface area contributed by atoms with Gasteiger partial charge in [-0.3, -0.25) is 4.79 Å². The van der Waals surface area contributed by atoms with E-state index in [0.717, 1.165) is 37.9 Å². The summed E-state index contributed by atoms with van der Waals surface area (Å²) in [6.07, 6.45) is 5.20. The summed E-state index contributed by atoms with van der Waals surface area (Å²) < 4.78 is 0. The molecule has 1 heterocycles. The molecule has 20 heavy (non-hydrogen) atoms. The Balaban J connectivity index is 1.76. The first-order valence-corrected chi connectivity index (χ1v) is 7.46. The Bertz CT molecular complexity index is 521. The summed E-state index contributed by atoms with van der Waals surface area (Å²) in [5, 5.41) is 13.2. The van der Waals surface area contributed by atoms with Crippen molar-refractivity contribution in [2.75, 3.05) is 23.8 Å². The molecule has 2 N–H and O–H groups in total. The second-order valence-corrected chi connectivity index (χ2v) is 6.06. The molecule has 0 spiro atoms. The number of rotatable bonds is 2. The zero-order chi connectivity index (χ0) is 14.2. The average molecular weight is 274 g/mol. The molecular weight excluding hydrogens is 252 g/mol. The molecule has 1 aromatic carbocycles. The lowest BCUT2D eigenvalue weighted by molar-refractivity contribution is -0.133. The van der Waals surface area contributed by atoms with Crippen molar-refractivity contribution in [3.63, 3.8) is 0 Å². The van der Waals surface area contributed by atoms with Crippen molar-refractivity contribution in [2.45, 2.75) is 44.1 Å². The highest BCUT2D eigenvalue weighted by molar-refractivity contribution is 5.97. The van der Waals surface area contributed by atoms with Crippen molar-refractivity contribution in [3.05, 3.63) is 23.8 Å². The Morgan fingerprint density at radius 3 is 2.80 bits per heavy atom. The minimum Gasteiger partial charge on any atom is -0.380 e. The van der Waals surface area contributed by atoms with Gasteiger partial charge in [-0.15, -0.1) is 0 Å². The van der Waals surface area contributed by atoms with Crippen LogP contribution in [-0.4, -0.2) is 30.2 Å². The summed E-state index contributed by atoms with van der Waals surface area (Å²) in [6, 6.07) is 6.03. The fourth-order valence-electron chi connectivity index (χ4n) is 3.30. The van der Waals surface area contributed by atoms with Gasteiger partial charge in [-0.05, 0) is 62.3 Å². The molecule has 4 heteroatoms. The van der Waals surface area contributed by atoms with Gasteiger partial charge in [0, 0.05) is 25.0 Å². The summed E-state index contributed by atoms with van der Waals surface area (Å²) in [5.41, 5.74) is 2.15. The fourth-order valence-corrected chi connectivity index (χ4v) is 3.30. The number of aryl methyl sites for hydroxylation is 1. The summed E-state index contributed by atoms with van der Waals surface area (Å²) in [5.74, 6) is -0.251. The molecule has 1 aliphatic heterocycles. The van der Waals surface area contributed by atoms with Crippen LogP contribution >= 0.6 is 0 Å². The molecule has 4 nitrogen and oxygen atoms in total. The van der Waals surface area contributed by atoms with E-state index in [0.29, 0.717) is 12.8 Å². The fraction of sp³-hybridized carbons (Fsp3) is 0.562. The van der Waals surface area contributed by atoms with Crippen LogP contribution < -0.4 is 10.2 Å². The van der Waals surface area contributed by atoms with Gasteiger partial charge in [0.05, 0.1) is 0 Å². The smallest absolute Gasteiger partial charge is 0.256 e. The Hall–Kier alpha value is -1.55. The summed E-state index contributed by atoms with van der Waals surface area (Å²) in [6.45, 7) is 1.08. The Morgan fingerprint density at radius 2 is 2.05 bits per heavy atom. The van der Waals surface area contributed by atoms with Crippen molar-refractivity contribution in [1.82, 2.24) is 0 Å². The normalized spacial score (nSPS) is 20.6. The molecule has 0 saturated heterocycles. The van der Waals surface area contributed by atoms with E-state index in [2.05, 4.69) is 23.3 Å². The van der Waals surface area contributed by atoms with Crippen LogP contribution in [0, 0.1) is 0 Å². The lowest BCUT2D eigenvalue weighted by Crippen LogP contribution is -2.40. The summed E-state index contributed by atoms with van der Waals surface area (Å²) in [7, 11) is 2.09. The maximum atomic E-state index is 12.2. The first-order valence-electron chi connectivity index (χ1n) is 7.46. The topological polar surface area (TPSA) is 52.6 Å². The number of aliphatic hydroxyl groups is 1. The van der Waals surface area contributed by atoms with Gasteiger partial charge in [0.15, 0.2) is 0 Å². The van der Waals surface area contributed by atoms with E-state index in [4.69, 9.17) is 0 Å². The average Bonchev–Trinajstić information content (AvgIpc) is 2.87. The van der Waals surface area contributed by atoms with Crippen LogP contribution in [0.25, 0.3) is 0 Å². The number of hydrogen-bond acceptors (Lipinski definition) is 3. The third kappa shape index (κ3) is 2.40. The van der Waals surface area contributed by atoms with E-state index in [1.165, 1.54) is 11.3 Å². The van der Waals surface area contributed by atoms with Gasteiger partial charge in [-0.25, -0.2) is 0 Å².